The number of nitrogens with one attached hydrogen (secondary N) is 3. The zero-order chi connectivity index (χ0) is 18.1. The van der Waals surface area contributed by atoms with Crippen LogP contribution in [0, 0.1) is 31.3 Å². The predicted molar refractivity (Wildman–Crippen MR) is 78.2 cm³/mol. The Hall–Kier alpha value is -2.40. The molecule has 3 N–H and O–H groups in total. The molecule has 0 bridgehead atoms. The minimum absolute atomic E-state index is 0.102. The number of hydrogen-bond acceptors (Lipinski definition) is 4. The van der Waals surface area contributed by atoms with Crippen molar-refractivity contribution in [3.05, 3.63) is 41.0 Å². The average molecular weight is 362 g/mol. The highest BCUT2D eigenvalue weighted by Gasteiger charge is 2.23. The van der Waals surface area contributed by atoms with E-state index in [1.54, 1.807) is 0 Å². The summed E-state index contributed by atoms with van der Waals surface area (Å²) in [4.78, 5) is 11.6. The Morgan fingerprint density at radius 1 is 1.21 bits per heavy atom. The molecule has 130 valence electrons. The van der Waals surface area contributed by atoms with Crippen LogP contribution in [-0.4, -0.2) is 31.1 Å². The Bertz CT molecular complexity index is 877. The third-order valence-electron chi connectivity index (χ3n) is 3.06. The minimum atomic E-state index is -4.02. The number of H-pyrrole nitrogens is 1. The third kappa shape index (κ3) is 3.57. The van der Waals surface area contributed by atoms with Crippen molar-refractivity contribution in [2.24, 2.45) is 0 Å². The van der Waals surface area contributed by atoms with Crippen molar-refractivity contribution < 1.29 is 26.4 Å². The summed E-state index contributed by atoms with van der Waals surface area (Å²) in [6.07, 6.45) is 0. The maximum absolute atomic E-state index is 13.4. The number of aromatic amines is 1. The van der Waals surface area contributed by atoms with E-state index in [2.05, 4.69) is 10.2 Å². The predicted octanol–water partition coefficient (Wildman–Crippen LogP) is 1.36. The molecule has 2 aromatic rings. The van der Waals surface area contributed by atoms with Gasteiger partial charge in [0.1, 0.15) is 4.90 Å². The number of rotatable bonds is 5. The lowest BCUT2D eigenvalue weighted by Crippen LogP contribution is -2.33. The largest absolute Gasteiger partial charge is 0.322 e. The number of nitrogens with zero attached hydrogens (tertiary/aromatic N) is 1. The molecule has 0 aliphatic heterocycles. The number of hydrogen-bond donors (Lipinski definition) is 3. The lowest BCUT2D eigenvalue weighted by atomic mass is 10.3. The van der Waals surface area contributed by atoms with Crippen LogP contribution in [0.3, 0.4) is 0 Å². The number of carbonyl (C=O) groups excluding carboxylic acids is 1. The van der Waals surface area contributed by atoms with E-state index >= 15 is 0 Å². The molecule has 7 nitrogen and oxygen atoms in total. The maximum atomic E-state index is 13.4. The van der Waals surface area contributed by atoms with Gasteiger partial charge in [0.25, 0.3) is 0 Å². The molecule has 0 atom stereocenters. The Labute approximate surface area is 135 Å². The van der Waals surface area contributed by atoms with Crippen molar-refractivity contribution in [3.8, 4) is 0 Å². The van der Waals surface area contributed by atoms with Gasteiger partial charge in [0.15, 0.2) is 17.5 Å². The van der Waals surface area contributed by atoms with Gasteiger partial charge in [0.05, 0.1) is 23.6 Å². The zero-order valence-corrected chi connectivity index (χ0v) is 13.4. The number of carbonyl (C=O) groups is 1. The van der Waals surface area contributed by atoms with Gasteiger partial charge in [-0.2, -0.15) is 5.10 Å². The number of amides is 1. The van der Waals surface area contributed by atoms with Crippen molar-refractivity contribution >= 4 is 21.6 Å². The summed E-state index contributed by atoms with van der Waals surface area (Å²) >= 11 is 0. The number of halogens is 3. The first kappa shape index (κ1) is 17.9. The van der Waals surface area contributed by atoms with Crippen molar-refractivity contribution in [1.29, 1.82) is 0 Å². The average Bonchev–Trinajstić information content (AvgIpc) is 2.86. The molecule has 1 amide bonds. The van der Waals surface area contributed by atoms with Gasteiger partial charge in [-0.25, -0.2) is 26.3 Å². The zero-order valence-electron chi connectivity index (χ0n) is 12.6. The van der Waals surface area contributed by atoms with Crippen molar-refractivity contribution in [3.63, 3.8) is 0 Å². The van der Waals surface area contributed by atoms with Gasteiger partial charge in [-0.05, 0) is 26.0 Å². The third-order valence-corrected chi connectivity index (χ3v) is 4.72. The van der Waals surface area contributed by atoms with Crippen LogP contribution in [-0.2, 0) is 14.8 Å². The monoisotopic (exact) mass is 362 g/mol. The van der Waals surface area contributed by atoms with Gasteiger partial charge in [-0.3, -0.25) is 9.89 Å². The van der Waals surface area contributed by atoms with Gasteiger partial charge in [-0.1, -0.05) is 0 Å². The molecule has 1 heterocycles. The summed E-state index contributed by atoms with van der Waals surface area (Å²) in [7, 11) is -4.02. The molecule has 1 aromatic carbocycles. The highest BCUT2D eigenvalue weighted by molar-refractivity contribution is 7.89. The smallest absolute Gasteiger partial charge is 0.244 e. The first-order valence-corrected chi connectivity index (χ1v) is 8.06. The Balaban J connectivity index is 2.08. The molecule has 1 aromatic heterocycles. The highest BCUT2D eigenvalue weighted by atomic mass is 32.2. The van der Waals surface area contributed by atoms with Crippen LogP contribution < -0.4 is 10.0 Å². The van der Waals surface area contributed by atoms with Crippen LogP contribution in [0.5, 0.6) is 0 Å². The molecule has 0 saturated carbocycles. The Morgan fingerprint density at radius 2 is 1.88 bits per heavy atom. The summed E-state index contributed by atoms with van der Waals surface area (Å²) in [5.74, 6) is -5.68. The summed E-state index contributed by atoms with van der Waals surface area (Å²) in [5.41, 5.74) is -0.104. The molecule has 0 unspecified atom stereocenters. The van der Waals surface area contributed by atoms with E-state index in [4.69, 9.17) is 0 Å². The fourth-order valence-electron chi connectivity index (χ4n) is 1.99. The van der Waals surface area contributed by atoms with Gasteiger partial charge in [-0.15, -0.1) is 0 Å². The van der Waals surface area contributed by atoms with E-state index < -0.39 is 45.6 Å². The Kier molecular flexibility index (Phi) is 4.94. The van der Waals surface area contributed by atoms with Crippen LogP contribution in [0.2, 0.25) is 0 Å². The SMILES string of the molecule is Cc1n[nH]c(C)c1S(=O)(=O)NCC(=O)Nc1ccc(F)c(F)c1F. The molecular formula is C13H13F3N4O3S. The number of benzene rings is 1. The first-order valence-electron chi connectivity index (χ1n) is 6.58. The molecule has 0 aliphatic rings. The minimum Gasteiger partial charge on any atom is -0.322 e. The highest BCUT2D eigenvalue weighted by Crippen LogP contribution is 2.19. The van der Waals surface area contributed by atoms with Crippen LogP contribution in [0.1, 0.15) is 11.4 Å². The van der Waals surface area contributed by atoms with Gasteiger partial charge >= 0.3 is 0 Å². The fraction of sp³-hybridized carbons (Fsp3) is 0.231. The van der Waals surface area contributed by atoms with Gasteiger partial charge in [0, 0.05) is 0 Å². The van der Waals surface area contributed by atoms with E-state index in [0.717, 1.165) is 6.07 Å². The molecule has 0 aliphatic carbocycles. The normalized spacial score (nSPS) is 11.5. The molecule has 0 fully saturated rings. The van der Waals surface area contributed by atoms with Gasteiger partial charge in [0.2, 0.25) is 15.9 Å². The van der Waals surface area contributed by atoms with Crippen molar-refractivity contribution in [2.45, 2.75) is 18.7 Å². The van der Waals surface area contributed by atoms with Crippen molar-refractivity contribution in [1.82, 2.24) is 14.9 Å². The second kappa shape index (κ2) is 6.61. The molecule has 0 saturated heterocycles. The number of aryl methyl sites for hydroxylation is 2. The van der Waals surface area contributed by atoms with Crippen LogP contribution in [0.15, 0.2) is 17.0 Å². The molecule has 11 heteroatoms. The lowest BCUT2D eigenvalue weighted by molar-refractivity contribution is -0.115. The van der Waals surface area contributed by atoms with E-state index in [1.807, 2.05) is 10.0 Å². The van der Waals surface area contributed by atoms with E-state index in [0.29, 0.717) is 6.07 Å². The van der Waals surface area contributed by atoms with Crippen LogP contribution in [0.25, 0.3) is 0 Å². The number of sulfonamides is 1. The standard InChI is InChI=1S/C13H13F3N4O3S/c1-6-13(7(2)20-19-6)24(22,23)17-5-10(21)18-9-4-3-8(14)11(15)12(9)16/h3-4,17H,5H2,1-2H3,(H,18,21)(H,19,20). The lowest BCUT2D eigenvalue weighted by Gasteiger charge is -2.09. The molecule has 24 heavy (non-hydrogen) atoms. The molecule has 2 rings (SSSR count). The van der Waals surface area contributed by atoms with Crippen LogP contribution in [0.4, 0.5) is 18.9 Å². The summed E-state index contributed by atoms with van der Waals surface area (Å²) in [6, 6.07) is 1.46. The Morgan fingerprint density at radius 3 is 2.46 bits per heavy atom. The first-order chi connectivity index (χ1) is 11.1. The summed E-state index contributed by atoms with van der Waals surface area (Å²) in [5, 5.41) is 8.18. The number of anilines is 1. The summed E-state index contributed by atoms with van der Waals surface area (Å²) in [6.45, 7) is 2.23. The van der Waals surface area contributed by atoms with E-state index in [-0.39, 0.29) is 16.3 Å². The summed E-state index contributed by atoms with van der Waals surface area (Å²) < 4.78 is 65.6. The second-order valence-corrected chi connectivity index (χ2v) is 6.56. The quantitative estimate of drug-likeness (QED) is 0.699. The fourth-order valence-corrected chi connectivity index (χ4v) is 3.33. The molecular weight excluding hydrogens is 349 g/mol. The molecule has 0 radical (unpaired) electrons. The van der Waals surface area contributed by atoms with Crippen LogP contribution >= 0.6 is 0 Å². The van der Waals surface area contributed by atoms with E-state index in [9.17, 15) is 26.4 Å². The number of aromatic nitrogens is 2. The van der Waals surface area contributed by atoms with Gasteiger partial charge < -0.3 is 5.32 Å². The van der Waals surface area contributed by atoms with Crippen molar-refractivity contribution in [2.75, 3.05) is 11.9 Å². The van der Waals surface area contributed by atoms with E-state index in [1.165, 1.54) is 13.8 Å². The molecule has 0 spiro atoms. The maximum Gasteiger partial charge on any atom is 0.244 e. The second-order valence-electron chi connectivity index (χ2n) is 4.86. The topological polar surface area (TPSA) is 104 Å².